The minimum Gasteiger partial charge on any atom is -0.378 e. The van der Waals surface area contributed by atoms with E-state index in [1.54, 1.807) is 18.2 Å². The predicted molar refractivity (Wildman–Crippen MR) is 97.9 cm³/mol. The van der Waals surface area contributed by atoms with Crippen molar-refractivity contribution < 1.29 is 14.3 Å². The van der Waals surface area contributed by atoms with Crippen LogP contribution in [0.25, 0.3) is 0 Å². The number of nitrogens with one attached hydrogen (secondary N) is 1. The summed E-state index contributed by atoms with van der Waals surface area (Å²) >= 11 is 12.0. The standard InChI is InChI=1S/C18H22Cl2N2O3/c19-14-5-6-15(20)16(11-14)21-17(23)12-1-3-13(4-2-12)18(24)22-7-9-25-10-8-22/h5-6,11-13H,1-4,7-10H2,(H,21,23). The molecule has 0 radical (unpaired) electrons. The van der Waals surface area contributed by atoms with Crippen LogP contribution in [0.3, 0.4) is 0 Å². The minimum absolute atomic E-state index is 0.0249. The summed E-state index contributed by atoms with van der Waals surface area (Å²) in [4.78, 5) is 26.9. The topological polar surface area (TPSA) is 58.6 Å². The highest BCUT2D eigenvalue weighted by Gasteiger charge is 2.32. The Hall–Kier alpha value is -1.30. The monoisotopic (exact) mass is 384 g/mol. The number of amides is 2. The molecule has 0 aromatic heterocycles. The van der Waals surface area contributed by atoms with E-state index in [4.69, 9.17) is 27.9 Å². The van der Waals surface area contributed by atoms with Gasteiger partial charge in [-0.1, -0.05) is 23.2 Å². The van der Waals surface area contributed by atoms with Gasteiger partial charge in [0.05, 0.1) is 23.9 Å². The van der Waals surface area contributed by atoms with Crippen LogP contribution in [0.5, 0.6) is 0 Å². The molecule has 2 fully saturated rings. The van der Waals surface area contributed by atoms with Gasteiger partial charge in [-0.05, 0) is 43.9 Å². The quantitative estimate of drug-likeness (QED) is 0.865. The Morgan fingerprint density at radius 2 is 1.68 bits per heavy atom. The average Bonchev–Trinajstić information content (AvgIpc) is 2.65. The van der Waals surface area contributed by atoms with Gasteiger partial charge in [0.15, 0.2) is 0 Å². The second kappa shape index (κ2) is 8.39. The van der Waals surface area contributed by atoms with Gasteiger partial charge >= 0.3 is 0 Å². The van der Waals surface area contributed by atoms with Gasteiger partial charge in [0, 0.05) is 29.9 Å². The fourth-order valence-corrected chi connectivity index (χ4v) is 3.81. The summed E-state index contributed by atoms with van der Waals surface area (Å²) in [5.74, 6) is 0.0853. The van der Waals surface area contributed by atoms with Gasteiger partial charge in [0.2, 0.25) is 11.8 Å². The average molecular weight is 385 g/mol. The maximum atomic E-state index is 12.5. The molecule has 136 valence electrons. The zero-order valence-corrected chi connectivity index (χ0v) is 15.5. The molecular formula is C18H22Cl2N2O3. The molecule has 2 aliphatic rings. The number of hydrogen-bond donors (Lipinski definition) is 1. The van der Waals surface area contributed by atoms with E-state index in [9.17, 15) is 9.59 Å². The van der Waals surface area contributed by atoms with Crippen molar-refractivity contribution in [3.8, 4) is 0 Å². The Bertz CT molecular complexity index is 639. The highest BCUT2D eigenvalue weighted by molar-refractivity contribution is 6.35. The molecule has 25 heavy (non-hydrogen) atoms. The zero-order valence-electron chi connectivity index (χ0n) is 14.0. The van der Waals surface area contributed by atoms with Crippen LogP contribution >= 0.6 is 23.2 Å². The van der Waals surface area contributed by atoms with Crippen molar-refractivity contribution in [1.29, 1.82) is 0 Å². The van der Waals surface area contributed by atoms with E-state index in [0.717, 1.165) is 12.8 Å². The molecule has 2 amide bonds. The molecule has 1 aromatic carbocycles. The van der Waals surface area contributed by atoms with Gasteiger partial charge in [-0.25, -0.2) is 0 Å². The second-order valence-electron chi connectivity index (χ2n) is 6.60. The number of ether oxygens (including phenoxy) is 1. The number of anilines is 1. The number of carbonyl (C=O) groups excluding carboxylic acids is 2. The number of hydrogen-bond acceptors (Lipinski definition) is 3. The normalized spacial score (nSPS) is 24.0. The van der Waals surface area contributed by atoms with Gasteiger partial charge < -0.3 is 15.0 Å². The number of nitrogens with zero attached hydrogens (tertiary/aromatic N) is 1. The summed E-state index contributed by atoms with van der Waals surface area (Å²) in [5.41, 5.74) is 0.533. The highest BCUT2D eigenvalue weighted by Crippen LogP contribution is 2.32. The summed E-state index contributed by atoms with van der Waals surface area (Å²) in [7, 11) is 0. The van der Waals surface area contributed by atoms with Gasteiger partial charge in [0.1, 0.15) is 0 Å². The van der Waals surface area contributed by atoms with Crippen molar-refractivity contribution in [2.45, 2.75) is 25.7 Å². The number of morpholine rings is 1. The lowest BCUT2D eigenvalue weighted by molar-refractivity contribution is -0.141. The molecule has 1 aromatic rings. The summed E-state index contributed by atoms with van der Waals surface area (Å²) in [6, 6.07) is 4.99. The number of carbonyl (C=O) groups is 2. The molecule has 1 saturated heterocycles. The molecule has 0 unspecified atom stereocenters. The van der Waals surface area contributed by atoms with Crippen LogP contribution in [-0.2, 0) is 14.3 Å². The van der Waals surface area contributed by atoms with Crippen molar-refractivity contribution in [3.63, 3.8) is 0 Å². The van der Waals surface area contributed by atoms with Gasteiger partial charge in [-0.3, -0.25) is 9.59 Å². The molecule has 7 heteroatoms. The van der Waals surface area contributed by atoms with E-state index >= 15 is 0 Å². The molecular weight excluding hydrogens is 363 g/mol. The van der Waals surface area contributed by atoms with E-state index in [0.29, 0.717) is 54.9 Å². The molecule has 1 heterocycles. The molecule has 1 N–H and O–H groups in total. The van der Waals surface area contributed by atoms with Crippen LogP contribution < -0.4 is 5.32 Å². The largest absolute Gasteiger partial charge is 0.378 e. The third-order valence-corrected chi connectivity index (χ3v) is 5.52. The van der Waals surface area contributed by atoms with Gasteiger partial charge in [0.25, 0.3) is 0 Å². The third kappa shape index (κ3) is 4.66. The van der Waals surface area contributed by atoms with Crippen molar-refractivity contribution in [2.75, 3.05) is 31.6 Å². The molecule has 0 spiro atoms. The lowest BCUT2D eigenvalue weighted by Crippen LogP contribution is -2.44. The van der Waals surface area contributed by atoms with E-state index in [1.165, 1.54) is 0 Å². The lowest BCUT2D eigenvalue weighted by Gasteiger charge is -2.33. The Kier molecular flexibility index (Phi) is 6.20. The van der Waals surface area contributed by atoms with E-state index < -0.39 is 0 Å². The molecule has 0 bridgehead atoms. The smallest absolute Gasteiger partial charge is 0.227 e. The molecule has 5 nitrogen and oxygen atoms in total. The lowest BCUT2D eigenvalue weighted by atomic mass is 9.81. The first-order chi connectivity index (χ1) is 12.0. The summed E-state index contributed by atoms with van der Waals surface area (Å²) < 4.78 is 5.29. The van der Waals surface area contributed by atoms with E-state index in [1.807, 2.05) is 4.90 Å². The SMILES string of the molecule is O=C(Nc1cc(Cl)ccc1Cl)C1CCC(C(=O)N2CCOCC2)CC1. The molecule has 1 saturated carbocycles. The van der Waals surface area contributed by atoms with Crippen molar-refractivity contribution in [1.82, 2.24) is 4.90 Å². The van der Waals surface area contributed by atoms with Crippen LogP contribution in [0.2, 0.25) is 10.0 Å². The van der Waals surface area contributed by atoms with Crippen LogP contribution in [0.1, 0.15) is 25.7 Å². The maximum Gasteiger partial charge on any atom is 0.227 e. The zero-order chi connectivity index (χ0) is 17.8. The first-order valence-electron chi connectivity index (χ1n) is 8.67. The Balaban J connectivity index is 1.52. The van der Waals surface area contributed by atoms with Crippen LogP contribution in [0.15, 0.2) is 18.2 Å². The first-order valence-corrected chi connectivity index (χ1v) is 9.42. The number of rotatable bonds is 3. The fraction of sp³-hybridized carbons (Fsp3) is 0.556. The fourth-order valence-electron chi connectivity index (χ4n) is 3.47. The third-order valence-electron chi connectivity index (χ3n) is 4.96. The predicted octanol–water partition coefficient (Wildman–Crippen LogP) is 3.60. The Morgan fingerprint density at radius 1 is 1.04 bits per heavy atom. The summed E-state index contributed by atoms with van der Waals surface area (Å²) in [6.45, 7) is 2.58. The molecule has 0 atom stereocenters. The minimum atomic E-state index is -0.0937. The van der Waals surface area contributed by atoms with Crippen LogP contribution in [0, 0.1) is 11.8 Å². The van der Waals surface area contributed by atoms with Crippen molar-refractivity contribution in [3.05, 3.63) is 28.2 Å². The summed E-state index contributed by atoms with van der Waals surface area (Å²) in [6.07, 6.45) is 2.92. The van der Waals surface area contributed by atoms with E-state index in [2.05, 4.69) is 5.32 Å². The van der Waals surface area contributed by atoms with Crippen LogP contribution in [0.4, 0.5) is 5.69 Å². The Labute approximate surface area is 157 Å². The highest BCUT2D eigenvalue weighted by atomic mass is 35.5. The molecule has 1 aliphatic heterocycles. The van der Waals surface area contributed by atoms with Gasteiger partial charge in [-0.2, -0.15) is 0 Å². The summed E-state index contributed by atoms with van der Waals surface area (Å²) in [5, 5.41) is 3.85. The Morgan fingerprint density at radius 3 is 2.36 bits per heavy atom. The molecule has 1 aliphatic carbocycles. The van der Waals surface area contributed by atoms with Crippen molar-refractivity contribution in [2.24, 2.45) is 11.8 Å². The van der Waals surface area contributed by atoms with Crippen LogP contribution in [-0.4, -0.2) is 43.0 Å². The maximum absolute atomic E-state index is 12.5. The second-order valence-corrected chi connectivity index (χ2v) is 7.44. The van der Waals surface area contributed by atoms with Gasteiger partial charge in [-0.15, -0.1) is 0 Å². The molecule has 3 rings (SSSR count). The number of halogens is 2. The van der Waals surface area contributed by atoms with Crippen molar-refractivity contribution >= 4 is 40.7 Å². The van der Waals surface area contributed by atoms with E-state index in [-0.39, 0.29) is 23.7 Å². The first kappa shape index (κ1) is 18.5. The number of benzene rings is 1.